The molecule has 1 aromatic carbocycles. The van der Waals surface area contributed by atoms with Gasteiger partial charge in [0.2, 0.25) is 5.88 Å². The minimum absolute atomic E-state index is 0.0755. The van der Waals surface area contributed by atoms with E-state index in [1.807, 2.05) is 18.7 Å². The van der Waals surface area contributed by atoms with Gasteiger partial charge >= 0.3 is 6.18 Å². The molecule has 0 aliphatic carbocycles. The highest BCUT2D eigenvalue weighted by atomic mass is 19.4. The van der Waals surface area contributed by atoms with Crippen LogP contribution in [0.15, 0.2) is 41.6 Å². The van der Waals surface area contributed by atoms with Crippen LogP contribution in [0, 0.1) is 17.7 Å². The Morgan fingerprint density at radius 3 is 2.44 bits per heavy atom. The zero-order valence-corrected chi connectivity index (χ0v) is 20.9. The molecule has 6 nitrogen and oxygen atoms in total. The number of rotatable bonds is 7. The van der Waals surface area contributed by atoms with E-state index >= 15 is 0 Å². The highest BCUT2D eigenvalue weighted by molar-refractivity contribution is 5.95. The molecule has 2 unspecified atom stereocenters. The van der Waals surface area contributed by atoms with Crippen LogP contribution < -0.4 is 19.4 Å². The van der Waals surface area contributed by atoms with E-state index in [9.17, 15) is 17.6 Å². The van der Waals surface area contributed by atoms with Crippen molar-refractivity contribution in [2.45, 2.75) is 58.9 Å². The monoisotopic (exact) mass is 508 g/mol. The van der Waals surface area contributed by atoms with Crippen LogP contribution in [0.3, 0.4) is 0 Å². The van der Waals surface area contributed by atoms with Gasteiger partial charge in [-0.05, 0) is 37.6 Å². The molecule has 0 saturated carbocycles. The average molecular weight is 509 g/mol. The molecule has 0 bridgehead atoms. The van der Waals surface area contributed by atoms with Gasteiger partial charge < -0.3 is 14.4 Å². The normalized spacial score (nSPS) is 24.6. The predicted molar refractivity (Wildman–Crippen MR) is 131 cm³/mol. The van der Waals surface area contributed by atoms with Crippen LogP contribution in [0.2, 0.25) is 0 Å². The molecule has 1 saturated heterocycles. The first kappa shape index (κ1) is 26.0. The number of halogens is 4. The SMILES string of the molecule is CCOc1cc(N2CC[C@@H](Oc3ccc(N4N=C(C(F)(F)F)C(C)[C@@H]4CC)cc3)C(C)C2)c(F)cn1. The number of anilines is 2. The summed E-state index contributed by atoms with van der Waals surface area (Å²) in [6.45, 7) is 9.01. The molecule has 2 aromatic rings. The Morgan fingerprint density at radius 2 is 1.83 bits per heavy atom. The average Bonchev–Trinajstić information content (AvgIpc) is 3.19. The second-order valence-corrected chi connectivity index (χ2v) is 9.36. The molecular formula is C26H32F4N4O2. The lowest BCUT2D eigenvalue weighted by Gasteiger charge is -2.38. The molecule has 0 radical (unpaired) electrons. The van der Waals surface area contributed by atoms with Crippen molar-refractivity contribution in [2.24, 2.45) is 16.9 Å². The van der Waals surface area contributed by atoms with E-state index in [0.717, 1.165) is 0 Å². The molecule has 2 aliphatic heterocycles. The third kappa shape index (κ3) is 5.37. The molecule has 1 fully saturated rings. The standard InChI is InChI=1S/C26H32F4N4O2/c1-5-21-17(4)25(26(28,29)30)32-34(21)18-7-9-19(10-8-18)36-23-11-12-33(15-16(23)3)22-13-24(35-6-2)31-14-20(22)27/h7-10,13-14,16-17,21,23H,5-6,11-12,15H2,1-4H3/t16?,17?,21-,23+/m0/s1. The van der Waals surface area contributed by atoms with Gasteiger partial charge in [-0.2, -0.15) is 18.3 Å². The van der Waals surface area contributed by atoms with Crippen molar-refractivity contribution < 1.29 is 27.0 Å². The maximum Gasteiger partial charge on any atom is 0.431 e. The fourth-order valence-corrected chi connectivity index (χ4v) is 5.01. The van der Waals surface area contributed by atoms with Crippen LogP contribution in [-0.4, -0.2) is 48.7 Å². The lowest BCUT2D eigenvalue weighted by Crippen LogP contribution is -2.44. The zero-order chi connectivity index (χ0) is 26.0. The minimum Gasteiger partial charge on any atom is -0.490 e. The van der Waals surface area contributed by atoms with Crippen molar-refractivity contribution in [3.05, 3.63) is 42.3 Å². The Kier molecular flexibility index (Phi) is 7.61. The Labute approximate surface area is 208 Å². The molecular weight excluding hydrogens is 476 g/mol. The van der Waals surface area contributed by atoms with Gasteiger partial charge in [-0.1, -0.05) is 20.8 Å². The van der Waals surface area contributed by atoms with Gasteiger partial charge in [0.05, 0.1) is 30.2 Å². The van der Waals surface area contributed by atoms with Crippen LogP contribution in [0.5, 0.6) is 11.6 Å². The van der Waals surface area contributed by atoms with Gasteiger partial charge in [0.15, 0.2) is 5.82 Å². The van der Waals surface area contributed by atoms with Gasteiger partial charge in [-0.15, -0.1) is 0 Å². The van der Waals surface area contributed by atoms with Crippen molar-refractivity contribution >= 4 is 17.1 Å². The maximum atomic E-state index is 14.4. The Morgan fingerprint density at radius 1 is 1.11 bits per heavy atom. The fourth-order valence-electron chi connectivity index (χ4n) is 5.01. The number of ether oxygens (including phenoxy) is 2. The van der Waals surface area contributed by atoms with E-state index in [4.69, 9.17) is 9.47 Å². The number of hydrogen-bond donors (Lipinski definition) is 0. The van der Waals surface area contributed by atoms with Gasteiger partial charge in [-0.25, -0.2) is 9.37 Å². The molecule has 10 heteroatoms. The molecule has 1 aromatic heterocycles. The first-order valence-corrected chi connectivity index (χ1v) is 12.4. The number of nitrogens with zero attached hydrogens (tertiary/aromatic N) is 4. The van der Waals surface area contributed by atoms with E-state index in [2.05, 4.69) is 17.0 Å². The summed E-state index contributed by atoms with van der Waals surface area (Å²) in [5.41, 5.74) is 0.322. The molecule has 0 spiro atoms. The van der Waals surface area contributed by atoms with Crippen molar-refractivity contribution in [1.29, 1.82) is 0 Å². The second kappa shape index (κ2) is 10.5. The zero-order valence-electron chi connectivity index (χ0n) is 20.9. The number of hydrogen-bond acceptors (Lipinski definition) is 6. The van der Waals surface area contributed by atoms with Crippen LogP contribution in [0.4, 0.5) is 28.9 Å². The first-order valence-electron chi connectivity index (χ1n) is 12.4. The van der Waals surface area contributed by atoms with Crippen molar-refractivity contribution in [2.75, 3.05) is 29.6 Å². The third-order valence-electron chi connectivity index (χ3n) is 6.91. The molecule has 4 rings (SSSR count). The quantitative estimate of drug-likeness (QED) is 0.425. The number of pyridine rings is 1. The second-order valence-electron chi connectivity index (χ2n) is 9.36. The Bertz CT molecular complexity index is 1080. The molecule has 3 heterocycles. The largest absolute Gasteiger partial charge is 0.490 e. The minimum atomic E-state index is -4.45. The fraction of sp³-hybridized carbons (Fsp3) is 0.538. The predicted octanol–water partition coefficient (Wildman–Crippen LogP) is 6.07. The third-order valence-corrected chi connectivity index (χ3v) is 6.91. The molecule has 36 heavy (non-hydrogen) atoms. The van der Waals surface area contributed by atoms with E-state index in [0.29, 0.717) is 55.5 Å². The van der Waals surface area contributed by atoms with Crippen LogP contribution in [0.1, 0.15) is 40.5 Å². The Hall–Kier alpha value is -3.04. The summed E-state index contributed by atoms with van der Waals surface area (Å²) in [4.78, 5) is 5.94. The number of aromatic nitrogens is 1. The highest BCUT2D eigenvalue weighted by Gasteiger charge is 2.47. The summed E-state index contributed by atoms with van der Waals surface area (Å²) in [6.07, 6.45) is -2.10. The van der Waals surface area contributed by atoms with Gasteiger partial charge in [-0.3, -0.25) is 5.01 Å². The smallest absolute Gasteiger partial charge is 0.431 e. The summed E-state index contributed by atoms with van der Waals surface area (Å²) in [5.74, 6) is 0.0530. The van der Waals surface area contributed by atoms with Crippen LogP contribution in [-0.2, 0) is 0 Å². The van der Waals surface area contributed by atoms with Gasteiger partial charge in [0, 0.05) is 37.4 Å². The Balaban J connectivity index is 1.41. The van der Waals surface area contributed by atoms with Crippen molar-refractivity contribution in [3.8, 4) is 11.6 Å². The summed E-state index contributed by atoms with van der Waals surface area (Å²) in [5, 5.41) is 5.39. The van der Waals surface area contributed by atoms with Crippen LogP contribution >= 0.6 is 0 Å². The van der Waals surface area contributed by atoms with Crippen molar-refractivity contribution in [3.63, 3.8) is 0 Å². The maximum absolute atomic E-state index is 14.4. The topological polar surface area (TPSA) is 50.2 Å². The molecule has 0 amide bonds. The summed E-state index contributed by atoms with van der Waals surface area (Å²) >= 11 is 0. The van der Waals surface area contributed by atoms with E-state index in [1.54, 1.807) is 37.3 Å². The molecule has 0 N–H and O–H groups in total. The van der Waals surface area contributed by atoms with Crippen LogP contribution in [0.25, 0.3) is 0 Å². The summed E-state index contributed by atoms with van der Waals surface area (Å²) < 4.78 is 66.2. The molecule has 4 atom stereocenters. The number of hydrazone groups is 1. The number of piperidine rings is 1. The first-order chi connectivity index (χ1) is 17.1. The van der Waals surface area contributed by atoms with E-state index < -0.39 is 23.6 Å². The van der Waals surface area contributed by atoms with Crippen molar-refractivity contribution in [1.82, 2.24) is 4.98 Å². The molecule has 196 valence electrons. The lowest BCUT2D eigenvalue weighted by molar-refractivity contribution is -0.0620. The van der Waals surface area contributed by atoms with E-state index in [1.165, 1.54) is 11.2 Å². The summed E-state index contributed by atoms with van der Waals surface area (Å²) in [6, 6.07) is 8.30. The number of benzene rings is 1. The van der Waals surface area contributed by atoms with E-state index in [-0.39, 0.29) is 18.1 Å². The lowest BCUT2D eigenvalue weighted by atomic mass is 9.95. The highest BCUT2D eigenvalue weighted by Crippen LogP contribution is 2.37. The van der Waals surface area contributed by atoms with Gasteiger partial charge in [0.1, 0.15) is 17.6 Å². The number of alkyl halides is 3. The molecule has 2 aliphatic rings. The van der Waals surface area contributed by atoms with Gasteiger partial charge in [0.25, 0.3) is 0 Å². The summed E-state index contributed by atoms with van der Waals surface area (Å²) in [7, 11) is 0.